The summed E-state index contributed by atoms with van der Waals surface area (Å²) in [6.07, 6.45) is 1.08. The zero-order valence-electron chi connectivity index (χ0n) is 9.61. The largest absolute Gasteiger partial charge is 0.0906 e. The van der Waals surface area contributed by atoms with Crippen LogP contribution in [0.5, 0.6) is 0 Å². The van der Waals surface area contributed by atoms with Gasteiger partial charge in [-0.05, 0) is 28.7 Å². The van der Waals surface area contributed by atoms with Gasteiger partial charge in [-0.1, -0.05) is 68.1 Å². The van der Waals surface area contributed by atoms with Gasteiger partial charge in [0.15, 0.2) is 0 Å². The molecule has 0 atom stereocenters. The van der Waals surface area contributed by atoms with Gasteiger partial charge in [-0.2, -0.15) is 0 Å². The standard InChI is InChI=1S/C16H16/c1-3-14-9-11-16(12-10-14)13(2)15-7-5-4-6-8-15/h4-12H,2-3H2,1H3. The maximum absolute atomic E-state index is 4.15. The van der Waals surface area contributed by atoms with Crippen LogP contribution in [0.4, 0.5) is 0 Å². The topological polar surface area (TPSA) is 0 Å². The first-order valence-electron chi connectivity index (χ1n) is 5.65. The lowest BCUT2D eigenvalue weighted by Gasteiger charge is -2.06. The van der Waals surface area contributed by atoms with Crippen molar-refractivity contribution in [1.29, 1.82) is 0 Å². The predicted octanol–water partition coefficient (Wildman–Crippen LogP) is 4.31. The predicted molar refractivity (Wildman–Crippen MR) is 70.4 cm³/mol. The Bertz CT molecular complexity index is 463. The molecule has 0 aromatic heterocycles. The number of hydrogen-bond donors (Lipinski definition) is 0. The second-order valence-electron chi connectivity index (χ2n) is 3.90. The van der Waals surface area contributed by atoms with Crippen LogP contribution in [0.3, 0.4) is 0 Å². The molecule has 0 spiro atoms. The number of rotatable bonds is 3. The molecule has 0 radical (unpaired) electrons. The Labute approximate surface area is 97.3 Å². The van der Waals surface area contributed by atoms with Crippen molar-refractivity contribution in [3.63, 3.8) is 0 Å². The lowest BCUT2D eigenvalue weighted by atomic mass is 9.98. The number of benzene rings is 2. The van der Waals surface area contributed by atoms with Gasteiger partial charge in [-0.15, -0.1) is 0 Å². The molecule has 0 aliphatic rings. The molecule has 0 unspecified atom stereocenters. The molecule has 0 heteroatoms. The van der Waals surface area contributed by atoms with Crippen molar-refractivity contribution in [2.75, 3.05) is 0 Å². The van der Waals surface area contributed by atoms with Crippen molar-refractivity contribution in [2.45, 2.75) is 13.3 Å². The highest BCUT2D eigenvalue weighted by molar-refractivity contribution is 5.77. The Hall–Kier alpha value is -1.82. The maximum Gasteiger partial charge on any atom is -0.0183 e. The summed E-state index contributed by atoms with van der Waals surface area (Å²) < 4.78 is 0. The molecule has 2 aromatic rings. The molecule has 0 amide bonds. The molecule has 0 saturated carbocycles. The van der Waals surface area contributed by atoms with Gasteiger partial charge in [0, 0.05) is 0 Å². The fraction of sp³-hybridized carbons (Fsp3) is 0.125. The Morgan fingerprint density at radius 3 is 2.00 bits per heavy atom. The molecule has 0 nitrogen and oxygen atoms in total. The summed E-state index contributed by atoms with van der Waals surface area (Å²) in [5.74, 6) is 0. The monoisotopic (exact) mass is 208 g/mol. The molecule has 0 N–H and O–H groups in total. The van der Waals surface area contributed by atoms with Crippen LogP contribution in [0.15, 0.2) is 61.2 Å². The highest BCUT2D eigenvalue weighted by Gasteiger charge is 2.00. The first-order chi connectivity index (χ1) is 7.81. The van der Waals surface area contributed by atoms with E-state index >= 15 is 0 Å². The molecule has 0 saturated heterocycles. The zero-order valence-corrected chi connectivity index (χ0v) is 9.61. The summed E-state index contributed by atoms with van der Waals surface area (Å²) in [7, 11) is 0. The third-order valence-corrected chi connectivity index (χ3v) is 2.83. The molecular weight excluding hydrogens is 192 g/mol. The van der Waals surface area contributed by atoms with Gasteiger partial charge in [0.1, 0.15) is 0 Å². The summed E-state index contributed by atoms with van der Waals surface area (Å²) in [5.41, 5.74) is 4.84. The average molecular weight is 208 g/mol. The van der Waals surface area contributed by atoms with Gasteiger partial charge in [-0.25, -0.2) is 0 Å². The van der Waals surface area contributed by atoms with Gasteiger partial charge in [0.05, 0.1) is 0 Å². The first kappa shape index (κ1) is 10.7. The summed E-state index contributed by atoms with van der Waals surface area (Å²) in [5, 5.41) is 0. The van der Waals surface area contributed by atoms with E-state index in [4.69, 9.17) is 0 Å². The van der Waals surface area contributed by atoms with Crippen molar-refractivity contribution in [1.82, 2.24) is 0 Å². The lowest BCUT2D eigenvalue weighted by molar-refractivity contribution is 1.14. The molecule has 0 heterocycles. The number of hydrogen-bond acceptors (Lipinski definition) is 0. The lowest BCUT2D eigenvalue weighted by Crippen LogP contribution is -1.87. The minimum absolute atomic E-state index is 1.08. The van der Waals surface area contributed by atoms with Gasteiger partial charge in [0.25, 0.3) is 0 Å². The molecule has 2 rings (SSSR count). The van der Waals surface area contributed by atoms with Crippen molar-refractivity contribution in [3.8, 4) is 0 Å². The van der Waals surface area contributed by atoms with Crippen LogP contribution in [0, 0.1) is 0 Å². The Morgan fingerprint density at radius 1 is 0.875 bits per heavy atom. The summed E-state index contributed by atoms with van der Waals surface area (Å²) in [6.45, 7) is 6.32. The van der Waals surface area contributed by atoms with Crippen molar-refractivity contribution in [2.24, 2.45) is 0 Å². The van der Waals surface area contributed by atoms with E-state index in [2.05, 4.69) is 49.9 Å². The van der Waals surface area contributed by atoms with E-state index in [1.54, 1.807) is 0 Å². The van der Waals surface area contributed by atoms with Crippen molar-refractivity contribution in [3.05, 3.63) is 77.9 Å². The van der Waals surface area contributed by atoms with Crippen LogP contribution in [0.25, 0.3) is 5.57 Å². The molecule has 16 heavy (non-hydrogen) atoms. The Morgan fingerprint density at radius 2 is 1.44 bits per heavy atom. The van der Waals surface area contributed by atoms with Crippen LogP contribution >= 0.6 is 0 Å². The van der Waals surface area contributed by atoms with Crippen LogP contribution in [0.2, 0.25) is 0 Å². The van der Waals surface area contributed by atoms with E-state index in [1.165, 1.54) is 16.7 Å². The Kier molecular flexibility index (Phi) is 3.21. The summed E-state index contributed by atoms with van der Waals surface area (Å²) in [4.78, 5) is 0. The second-order valence-corrected chi connectivity index (χ2v) is 3.90. The van der Waals surface area contributed by atoms with E-state index in [1.807, 2.05) is 18.2 Å². The minimum Gasteiger partial charge on any atom is -0.0906 e. The fourth-order valence-corrected chi connectivity index (χ4v) is 1.75. The minimum atomic E-state index is 1.08. The number of aryl methyl sites for hydroxylation is 1. The molecule has 80 valence electrons. The average Bonchev–Trinajstić information content (AvgIpc) is 2.39. The Balaban J connectivity index is 2.28. The quantitative estimate of drug-likeness (QED) is 0.705. The van der Waals surface area contributed by atoms with E-state index < -0.39 is 0 Å². The molecule has 0 fully saturated rings. The van der Waals surface area contributed by atoms with E-state index in [-0.39, 0.29) is 0 Å². The van der Waals surface area contributed by atoms with Gasteiger partial charge < -0.3 is 0 Å². The van der Waals surface area contributed by atoms with Gasteiger partial charge in [0.2, 0.25) is 0 Å². The fourth-order valence-electron chi connectivity index (χ4n) is 1.75. The normalized spacial score (nSPS) is 10.1. The van der Waals surface area contributed by atoms with E-state index in [0.717, 1.165) is 12.0 Å². The zero-order chi connectivity index (χ0) is 11.4. The van der Waals surface area contributed by atoms with Crippen LogP contribution in [-0.2, 0) is 6.42 Å². The molecule has 0 bridgehead atoms. The molecule has 2 aromatic carbocycles. The summed E-state index contributed by atoms with van der Waals surface area (Å²) >= 11 is 0. The highest BCUT2D eigenvalue weighted by atomic mass is 14.1. The second kappa shape index (κ2) is 4.80. The molecule has 0 aliphatic carbocycles. The summed E-state index contributed by atoms with van der Waals surface area (Å²) in [6, 6.07) is 18.9. The van der Waals surface area contributed by atoms with Crippen molar-refractivity contribution >= 4 is 5.57 Å². The molecule has 0 aliphatic heterocycles. The van der Waals surface area contributed by atoms with Gasteiger partial charge in [-0.3, -0.25) is 0 Å². The smallest absolute Gasteiger partial charge is 0.0183 e. The third kappa shape index (κ3) is 2.22. The van der Waals surface area contributed by atoms with Crippen LogP contribution < -0.4 is 0 Å². The maximum atomic E-state index is 4.15. The van der Waals surface area contributed by atoms with E-state index in [9.17, 15) is 0 Å². The van der Waals surface area contributed by atoms with Crippen LogP contribution in [0.1, 0.15) is 23.6 Å². The highest BCUT2D eigenvalue weighted by Crippen LogP contribution is 2.21. The third-order valence-electron chi connectivity index (χ3n) is 2.83. The van der Waals surface area contributed by atoms with Gasteiger partial charge >= 0.3 is 0 Å². The van der Waals surface area contributed by atoms with Crippen LogP contribution in [-0.4, -0.2) is 0 Å². The SMILES string of the molecule is C=C(c1ccccc1)c1ccc(CC)cc1. The first-order valence-corrected chi connectivity index (χ1v) is 5.65. The molecular formula is C16H16. The van der Waals surface area contributed by atoms with Crippen molar-refractivity contribution < 1.29 is 0 Å². The van der Waals surface area contributed by atoms with E-state index in [0.29, 0.717) is 0 Å².